The van der Waals surface area contributed by atoms with Crippen molar-refractivity contribution in [2.24, 2.45) is 11.1 Å². The molecule has 2 atom stereocenters. The van der Waals surface area contributed by atoms with E-state index >= 15 is 0 Å². The fourth-order valence-corrected chi connectivity index (χ4v) is 5.55. The lowest BCUT2D eigenvalue weighted by atomic mass is 10.0. The molecule has 0 spiro atoms. The highest BCUT2D eigenvalue weighted by Gasteiger charge is 2.31. The molecule has 206 valence electrons. The van der Waals surface area contributed by atoms with E-state index in [1.807, 2.05) is 44.2 Å². The van der Waals surface area contributed by atoms with Crippen molar-refractivity contribution in [3.8, 4) is 0 Å². The topological polar surface area (TPSA) is 161 Å². The summed E-state index contributed by atoms with van der Waals surface area (Å²) in [5.74, 6) is -0.101. The molecule has 12 nitrogen and oxygen atoms in total. The number of nitro benzene ring substituents is 1. The molecule has 0 saturated carbocycles. The maximum atomic E-state index is 13.5. The molecule has 1 heterocycles. The number of carbonyl (C=O) groups is 1. The number of nitrogens with one attached hydrogen (secondary N) is 1. The summed E-state index contributed by atoms with van der Waals surface area (Å²) in [6.07, 6.45) is -0.366. The van der Waals surface area contributed by atoms with Crippen molar-refractivity contribution in [3.05, 3.63) is 70.3 Å². The minimum absolute atomic E-state index is 0.000360. The van der Waals surface area contributed by atoms with Gasteiger partial charge in [0.15, 0.2) is 0 Å². The molecule has 0 aliphatic carbocycles. The van der Waals surface area contributed by atoms with Gasteiger partial charge < -0.3 is 20.0 Å². The number of sulfonamides is 1. The van der Waals surface area contributed by atoms with Crippen LogP contribution in [-0.4, -0.2) is 73.1 Å². The van der Waals surface area contributed by atoms with Gasteiger partial charge in [0.05, 0.1) is 41.3 Å². The summed E-state index contributed by atoms with van der Waals surface area (Å²) >= 11 is 0. The average Bonchev–Trinajstić information content (AvgIpc) is 3.39. The van der Waals surface area contributed by atoms with Crippen LogP contribution in [0, 0.1) is 16.0 Å². The number of nitrogens with zero attached hydrogens (tertiary/aromatic N) is 3. The molecular formula is C25H32N4O8S. The number of hydrogen-bond acceptors (Lipinski definition) is 9. The highest BCUT2D eigenvalue weighted by Crippen LogP contribution is 2.21. The van der Waals surface area contributed by atoms with E-state index in [-0.39, 0.29) is 48.3 Å². The number of hydrogen-bond donors (Lipinski definition) is 2. The number of rotatable bonds is 12. The minimum Gasteiger partial charge on any atom is -0.444 e. The molecule has 1 saturated heterocycles. The molecule has 1 aliphatic heterocycles. The second kappa shape index (κ2) is 13.3. The van der Waals surface area contributed by atoms with Gasteiger partial charge in [-0.1, -0.05) is 49.3 Å². The first-order valence-electron chi connectivity index (χ1n) is 12.1. The molecule has 0 unspecified atom stereocenters. The Bertz CT molecular complexity index is 1210. The number of ether oxygens (including phenoxy) is 2. The first-order valence-corrected chi connectivity index (χ1v) is 13.6. The standard InChI is InChI=1S/C25H32N4O8S/c1-18(2)15-28(38(34,35)22-10-8-20(9-11-22)29(32)33)16-24(27-31)23(14-19-6-4-3-5-7-19)26-25(30)37-21-12-13-36-17-21/h3-11,18,21,23,31H,12-17H2,1-2H3,(H,26,30)/b27-24-/t21-,23-/m0/s1. The van der Waals surface area contributed by atoms with Crippen LogP contribution in [0.2, 0.25) is 0 Å². The van der Waals surface area contributed by atoms with Crippen LogP contribution in [0.4, 0.5) is 10.5 Å². The molecule has 2 aromatic carbocycles. The molecule has 2 N–H and O–H groups in total. The molecule has 1 fully saturated rings. The summed E-state index contributed by atoms with van der Waals surface area (Å²) in [7, 11) is -4.14. The Morgan fingerprint density at radius 2 is 1.92 bits per heavy atom. The van der Waals surface area contributed by atoms with Crippen LogP contribution in [0.1, 0.15) is 25.8 Å². The Balaban J connectivity index is 1.87. The summed E-state index contributed by atoms with van der Waals surface area (Å²) < 4.78 is 38.8. The first kappa shape index (κ1) is 29.0. The maximum absolute atomic E-state index is 13.5. The van der Waals surface area contributed by atoms with Crippen LogP contribution in [0.3, 0.4) is 0 Å². The van der Waals surface area contributed by atoms with Gasteiger partial charge in [0, 0.05) is 25.1 Å². The van der Waals surface area contributed by atoms with Crippen LogP contribution in [-0.2, 0) is 25.9 Å². The number of oxime groups is 1. The van der Waals surface area contributed by atoms with E-state index in [0.717, 1.165) is 34.1 Å². The fraction of sp³-hybridized carbons (Fsp3) is 0.440. The van der Waals surface area contributed by atoms with Gasteiger partial charge in [0.1, 0.15) is 6.10 Å². The van der Waals surface area contributed by atoms with Crippen LogP contribution >= 0.6 is 0 Å². The zero-order valence-electron chi connectivity index (χ0n) is 21.2. The molecule has 13 heteroatoms. The lowest BCUT2D eigenvalue weighted by Crippen LogP contribution is -2.49. The number of benzene rings is 2. The van der Waals surface area contributed by atoms with E-state index in [1.54, 1.807) is 0 Å². The quantitative estimate of drug-likeness (QED) is 0.177. The lowest BCUT2D eigenvalue weighted by Gasteiger charge is -2.27. The monoisotopic (exact) mass is 548 g/mol. The number of carbonyl (C=O) groups excluding carboxylic acids is 1. The van der Waals surface area contributed by atoms with E-state index < -0.39 is 33.2 Å². The molecular weight excluding hydrogens is 516 g/mol. The second-order valence-corrected chi connectivity index (χ2v) is 11.2. The Hall–Kier alpha value is -3.55. The zero-order chi connectivity index (χ0) is 27.7. The molecule has 0 bridgehead atoms. The second-order valence-electron chi connectivity index (χ2n) is 9.31. The van der Waals surface area contributed by atoms with Gasteiger partial charge in [-0.25, -0.2) is 13.2 Å². The van der Waals surface area contributed by atoms with Crippen molar-refractivity contribution in [3.63, 3.8) is 0 Å². The largest absolute Gasteiger partial charge is 0.444 e. The van der Waals surface area contributed by atoms with Crippen LogP contribution in [0.15, 0.2) is 64.6 Å². The zero-order valence-corrected chi connectivity index (χ0v) is 22.0. The molecule has 0 aromatic heterocycles. The van der Waals surface area contributed by atoms with Gasteiger partial charge in [-0.05, 0) is 30.0 Å². The van der Waals surface area contributed by atoms with Crippen LogP contribution < -0.4 is 5.32 Å². The molecule has 0 radical (unpaired) electrons. The average molecular weight is 549 g/mol. The van der Waals surface area contributed by atoms with Crippen LogP contribution in [0.25, 0.3) is 0 Å². The molecule has 1 amide bonds. The molecule has 38 heavy (non-hydrogen) atoms. The van der Waals surface area contributed by atoms with Gasteiger partial charge in [-0.2, -0.15) is 4.31 Å². The number of amides is 1. The number of nitro groups is 1. The Kier molecular flexibility index (Phi) is 10.2. The highest BCUT2D eigenvalue weighted by atomic mass is 32.2. The Morgan fingerprint density at radius 1 is 1.24 bits per heavy atom. The highest BCUT2D eigenvalue weighted by molar-refractivity contribution is 7.89. The van der Waals surface area contributed by atoms with E-state index in [1.165, 1.54) is 0 Å². The lowest BCUT2D eigenvalue weighted by molar-refractivity contribution is -0.384. The molecule has 2 aromatic rings. The van der Waals surface area contributed by atoms with Crippen molar-refractivity contribution in [1.82, 2.24) is 9.62 Å². The third kappa shape index (κ3) is 7.97. The van der Waals surface area contributed by atoms with Crippen molar-refractivity contribution >= 4 is 27.5 Å². The van der Waals surface area contributed by atoms with Gasteiger partial charge in [-0.3, -0.25) is 10.1 Å². The summed E-state index contributed by atoms with van der Waals surface area (Å²) in [6.45, 7) is 4.16. The molecule has 1 aliphatic rings. The number of non-ortho nitro benzene ring substituents is 1. The van der Waals surface area contributed by atoms with Crippen molar-refractivity contribution < 1.29 is 32.8 Å². The van der Waals surface area contributed by atoms with Gasteiger partial charge in [-0.15, -0.1) is 0 Å². The van der Waals surface area contributed by atoms with Gasteiger partial charge >= 0.3 is 6.09 Å². The van der Waals surface area contributed by atoms with Gasteiger partial charge in [0.2, 0.25) is 10.0 Å². The third-order valence-electron chi connectivity index (χ3n) is 5.86. The smallest absolute Gasteiger partial charge is 0.408 e. The van der Waals surface area contributed by atoms with Gasteiger partial charge in [0.25, 0.3) is 5.69 Å². The summed E-state index contributed by atoms with van der Waals surface area (Å²) in [5.41, 5.74) is 0.576. The van der Waals surface area contributed by atoms with Crippen molar-refractivity contribution in [2.75, 3.05) is 26.3 Å². The summed E-state index contributed by atoms with van der Waals surface area (Å²) in [4.78, 5) is 22.9. The summed E-state index contributed by atoms with van der Waals surface area (Å²) in [6, 6.07) is 12.8. The maximum Gasteiger partial charge on any atom is 0.408 e. The fourth-order valence-electron chi connectivity index (χ4n) is 3.97. The van der Waals surface area contributed by atoms with E-state index in [0.29, 0.717) is 13.0 Å². The van der Waals surface area contributed by atoms with E-state index in [4.69, 9.17) is 9.47 Å². The SMILES string of the molecule is CC(C)CN(C/C(=N/O)[C@H](Cc1ccccc1)NC(=O)O[C@H]1CCOC1)S(=O)(=O)c1ccc([N+](=O)[O-])cc1. The number of alkyl carbamates (subject to hydrolysis) is 1. The third-order valence-corrected chi connectivity index (χ3v) is 7.69. The Labute approximate surface area is 221 Å². The normalized spacial score (nSPS) is 16.9. The first-order chi connectivity index (χ1) is 18.1. The predicted octanol–water partition coefficient (Wildman–Crippen LogP) is 3.20. The predicted molar refractivity (Wildman–Crippen MR) is 139 cm³/mol. The van der Waals surface area contributed by atoms with Crippen molar-refractivity contribution in [2.45, 2.75) is 43.7 Å². The summed E-state index contributed by atoms with van der Waals surface area (Å²) in [5, 5.41) is 27.1. The Morgan fingerprint density at radius 3 is 2.47 bits per heavy atom. The minimum atomic E-state index is -4.14. The van der Waals surface area contributed by atoms with Crippen LogP contribution in [0.5, 0.6) is 0 Å². The van der Waals surface area contributed by atoms with Crippen molar-refractivity contribution in [1.29, 1.82) is 0 Å². The van der Waals surface area contributed by atoms with E-state index in [2.05, 4.69) is 10.5 Å². The van der Waals surface area contributed by atoms with E-state index in [9.17, 15) is 28.5 Å². The molecule has 3 rings (SSSR count).